The Hall–Kier alpha value is -0.620. The van der Waals surface area contributed by atoms with Crippen molar-refractivity contribution in [1.82, 2.24) is 25.5 Å². The van der Waals surface area contributed by atoms with Gasteiger partial charge < -0.3 is 5.32 Å². The summed E-state index contributed by atoms with van der Waals surface area (Å²) >= 11 is 1.83. The summed E-state index contributed by atoms with van der Waals surface area (Å²) in [6, 6.07) is 0.588. The third-order valence-corrected chi connectivity index (χ3v) is 4.43. The largest absolute Gasteiger partial charge is 0.317 e. The van der Waals surface area contributed by atoms with Gasteiger partial charge in [0.1, 0.15) is 0 Å². The van der Waals surface area contributed by atoms with Crippen LogP contribution in [-0.2, 0) is 0 Å². The summed E-state index contributed by atoms with van der Waals surface area (Å²) < 4.78 is 2.01. The lowest BCUT2D eigenvalue weighted by atomic mass is 10.0. The number of rotatable bonds is 4. The molecule has 5 nitrogen and oxygen atoms in total. The molecule has 3 rings (SSSR count). The van der Waals surface area contributed by atoms with E-state index >= 15 is 0 Å². The van der Waals surface area contributed by atoms with Crippen LogP contribution in [0, 0.1) is 5.92 Å². The molecule has 1 aromatic heterocycles. The Morgan fingerprint density at radius 3 is 2.81 bits per heavy atom. The number of aromatic nitrogens is 4. The second-order valence-corrected chi connectivity index (χ2v) is 5.63. The molecule has 1 saturated heterocycles. The molecule has 2 fully saturated rings. The van der Waals surface area contributed by atoms with E-state index in [0.29, 0.717) is 6.04 Å². The molecule has 16 heavy (non-hydrogen) atoms. The lowest BCUT2D eigenvalue weighted by molar-refractivity contribution is 0.407. The van der Waals surface area contributed by atoms with Gasteiger partial charge in [-0.2, -0.15) is 0 Å². The van der Waals surface area contributed by atoms with E-state index < -0.39 is 0 Å². The SMILES string of the molecule is C1CC(CSc2nnnn2C2CC2)CCN1. The zero-order valence-corrected chi connectivity index (χ0v) is 10.1. The first-order valence-electron chi connectivity index (χ1n) is 6.05. The standard InChI is InChI=1S/C10H17N5S/c1-2-9(1)15-10(12-13-14-15)16-7-8-3-5-11-6-4-8/h8-9,11H,1-7H2. The summed E-state index contributed by atoms with van der Waals surface area (Å²) in [5.41, 5.74) is 0. The van der Waals surface area contributed by atoms with Gasteiger partial charge in [-0.15, -0.1) is 5.10 Å². The highest BCUT2D eigenvalue weighted by Crippen LogP contribution is 2.36. The van der Waals surface area contributed by atoms with Crippen molar-refractivity contribution in [3.63, 3.8) is 0 Å². The van der Waals surface area contributed by atoms with E-state index in [1.54, 1.807) is 0 Å². The van der Waals surface area contributed by atoms with Crippen LogP contribution in [0.1, 0.15) is 31.7 Å². The number of piperidine rings is 1. The second kappa shape index (κ2) is 4.71. The van der Waals surface area contributed by atoms with Gasteiger partial charge >= 0.3 is 0 Å². The van der Waals surface area contributed by atoms with Gasteiger partial charge in [-0.1, -0.05) is 11.8 Å². The molecule has 0 aromatic carbocycles. The minimum Gasteiger partial charge on any atom is -0.317 e. The molecular weight excluding hydrogens is 222 g/mol. The maximum Gasteiger partial charge on any atom is 0.209 e. The summed E-state index contributed by atoms with van der Waals surface area (Å²) in [5.74, 6) is 1.99. The minimum atomic E-state index is 0.588. The Morgan fingerprint density at radius 1 is 1.25 bits per heavy atom. The van der Waals surface area contributed by atoms with Crippen LogP contribution in [0.15, 0.2) is 5.16 Å². The van der Waals surface area contributed by atoms with Gasteiger partial charge in [0.2, 0.25) is 5.16 Å². The maximum absolute atomic E-state index is 4.11. The number of tetrazole rings is 1. The van der Waals surface area contributed by atoms with Crippen molar-refractivity contribution in [2.45, 2.75) is 36.9 Å². The van der Waals surface area contributed by atoms with Gasteiger partial charge in [-0.25, -0.2) is 4.68 Å². The van der Waals surface area contributed by atoms with E-state index in [-0.39, 0.29) is 0 Å². The van der Waals surface area contributed by atoms with Crippen LogP contribution in [0.25, 0.3) is 0 Å². The van der Waals surface area contributed by atoms with Crippen LogP contribution in [0.4, 0.5) is 0 Å². The quantitative estimate of drug-likeness (QED) is 0.797. The summed E-state index contributed by atoms with van der Waals surface area (Å²) in [6.45, 7) is 2.33. The van der Waals surface area contributed by atoms with Crippen LogP contribution in [0.2, 0.25) is 0 Å². The molecule has 1 aromatic rings. The van der Waals surface area contributed by atoms with E-state index in [0.717, 1.165) is 16.8 Å². The fourth-order valence-corrected chi connectivity index (χ4v) is 3.20. The molecule has 88 valence electrons. The number of thioether (sulfide) groups is 1. The van der Waals surface area contributed by atoms with E-state index in [1.165, 1.54) is 38.8 Å². The average molecular weight is 239 g/mol. The zero-order chi connectivity index (χ0) is 10.8. The first kappa shape index (κ1) is 10.5. The Kier molecular flexibility index (Phi) is 3.10. The van der Waals surface area contributed by atoms with Crippen molar-refractivity contribution in [2.24, 2.45) is 5.92 Å². The molecule has 6 heteroatoms. The molecule has 0 amide bonds. The first-order valence-corrected chi connectivity index (χ1v) is 7.03. The van der Waals surface area contributed by atoms with E-state index in [4.69, 9.17) is 0 Å². The second-order valence-electron chi connectivity index (χ2n) is 4.64. The van der Waals surface area contributed by atoms with Crippen molar-refractivity contribution in [3.8, 4) is 0 Å². The molecule has 0 bridgehead atoms. The molecule has 0 spiro atoms. The smallest absolute Gasteiger partial charge is 0.209 e. The third-order valence-electron chi connectivity index (χ3n) is 3.26. The first-order chi connectivity index (χ1) is 7.93. The van der Waals surface area contributed by atoms with Gasteiger partial charge in [0, 0.05) is 5.75 Å². The topological polar surface area (TPSA) is 55.6 Å². The van der Waals surface area contributed by atoms with Crippen molar-refractivity contribution in [1.29, 1.82) is 0 Å². The molecule has 2 aliphatic rings. The molecule has 1 aliphatic carbocycles. The van der Waals surface area contributed by atoms with Gasteiger partial charge in [-0.3, -0.25) is 0 Å². The fraction of sp³-hybridized carbons (Fsp3) is 0.900. The Bertz CT molecular complexity index is 343. The van der Waals surface area contributed by atoms with Crippen LogP contribution in [0.5, 0.6) is 0 Å². The van der Waals surface area contributed by atoms with Crippen molar-refractivity contribution in [3.05, 3.63) is 0 Å². The van der Waals surface area contributed by atoms with Crippen LogP contribution < -0.4 is 5.32 Å². The van der Waals surface area contributed by atoms with Gasteiger partial charge in [-0.05, 0) is 55.1 Å². The lowest BCUT2D eigenvalue weighted by Gasteiger charge is -2.21. The lowest BCUT2D eigenvalue weighted by Crippen LogP contribution is -2.28. The number of hydrogen-bond donors (Lipinski definition) is 1. The zero-order valence-electron chi connectivity index (χ0n) is 9.30. The normalized spacial score (nSPS) is 22.5. The van der Waals surface area contributed by atoms with Crippen LogP contribution >= 0.6 is 11.8 Å². The summed E-state index contributed by atoms with van der Waals surface area (Å²) in [7, 11) is 0. The molecule has 1 saturated carbocycles. The van der Waals surface area contributed by atoms with Crippen molar-refractivity contribution in [2.75, 3.05) is 18.8 Å². The predicted molar refractivity (Wildman–Crippen MR) is 62.4 cm³/mol. The summed E-state index contributed by atoms with van der Waals surface area (Å²) in [6.07, 6.45) is 5.06. The van der Waals surface area contributed by atoms with Crippen molar-refractivity contribution < 1.29 is 0 Å². The van der Waals surface area contributed by atoms with E-state index in [9.17, 15) is 0 Å². The Labute approximate surface area is 99.4 Å². The number of nitrogens with zero attached hydrogens (tertiary/aromatic N) is 4. The van der Waals surface area contributed by atoms with Gasteiger partial charge in [0.25, 0.3) is 0 Å². The fourth-order valence-electron chi connectivity index (χ4n) is 2.07. The van der Waals surface area contributed by atoms with E-state index in [2.05, 4.69) is 20.8 Å². The van der Waals surface area contributed by atoms with Gasteiger partial charge in [0.05, 0.1) is 6.04 Å². The highest BCUT2D eigenvalue weighted by Gasteiger charge is 2.28. The van der Waals surface area contributed by atoms with Crippen LogP contribution in [-0.4, -0.2) is 39.0 Å². The van der Waals surface area contributed by atoms with Crippen LogP contribution in [0.3, 0.4) is 0 Å². The highest BCUT2D eigenvalue weighted by molar-refractivity contribution is 7.99. The maximum atomic E-state index is 4.11. The van der Waals surface area contributed by atoms with Gasteiger partial charge in [0.15, 0.2) is 0 Å². The Morgan fingerprint density at radius 2 is 2.06 bits per heavy atom. The number of nitrogens with one attached hydrogen (secondary N) is 1. The number of hydrogen-bond acceptors (Lipinski definition) is 5. The Balaban J connectivity index is 1.54. The molecule has 1 aliphatic heterocycles. The summed E-state index contributed by atoms with van der Waals surface area (Å²) in [4.78, 5) is 0. The monoisotopic (exact) mass is 239 g/mol. The minimum absolute atomic E-state index is 0.588. The summed E-state index contributed by atoms with van der Waals surface area (Å²) in [5, 5.41) is 16.4. The molecular formula is C10H17N5S. The molecule has 0 atom stereocenters. The highest BCUT2D eigenvalue weighted by atomic mass is 32.2. The van der Waals surface area contributed by atoms with Crippen molar-refractivity contribution >= 4 is 11.8 Å². The molecule has 2 heterocycles. The third kappa shape index (κ3) is 2.38. The average Bonchev–Trinajstić information content (AvgIpc) is 3.07. The van der Waals surface area contributed by atoms with E-state index in [1.807, 2.05) is 16.4 Å². The molecule has 1 N–H and O–H groups in total. The molecule has 0 unspecified atom stereocenters. The predicted octanol–water partition coefficient (Wildman–Crippen LogP) is 1.10. The molecule has 0 radical (unpaired) electrons.